The van der Waals surface area contributed by atoms with Crippen LogP contribution < -0.4 is 21.5 Å². The van der Waals surface area contributed by atoms with E-state index < -0.39 is 0 Å². The van der Waals surface area contributed by atoms with Gasteiger partial charge in [0.2, 0.25) is 0 Å². The molecule has 0 spiro atoms. The van der Waals surface area contributed by atoms with E-state index in [1.54, 1.807) is 0 Å². The standard InChI is InChI=1S/C20H25ClN2O.C19H24ClN3O.C19H23ClN2O.C18H22ClN3O/c1-13-4-8-17(9-5-13)22-20(24)19-12-14(2)23(15(19)3)18-10-6-16(21)7-11-18;1-13-8-10-22(11-9-13)21-19(24)18-12-14(2)23(15(18)3)17-6-4-16(20)5-7-17;1-13-12-18(19(23)21-16-6-4-3-5-7-16)14(2)22(13)17-10-8-15(20)9-11-17;1-13-12-17(18(23)20-21-10-4-3-5-11-21)14(2)22(13)16-8-6-15(19)7-9-16/h6-7,10-13,17H,4-5,8-9H2,1-3H3,(H,22,24);4-7,12-13H,8-11H2,1-3H3,(H,21,24);8-12,16H,3-7H2,1-2H3,(H,21,23);6-9,12H,3-5,10-11H2,1-2H3,(H,20,23). The lowest BCUT2D eigenvalue weighted by Crippen LogP contribution is -2.46. The largest absolute Gasteiger partial charge is 0.349 e. The van der Waals surface area contributed by atoms with Gasteiger partial charge in [0.1, 0.15) is 0 Å². The van der Waals surface area contributed by atoms with Crippen molar-refractivity contribution in [1.29, 1.82) is 0 Å². The van der Waals surface area contributed by atoms with E-state index in [4.69, 9.17) is 46.4 Å². The van der Waals surface area contributed by atoms with Gasteiger partial charge < -0.3 is 28.9 Å². The summed E-state index contributed by atoms with van der Waals surface area (Å²) in [4.78, 5) is 50.6. The van der Waals surface area contributed by atoms with Crippen molar-refractivity contribution in [3.63, 3.8) is 0 Å². The first-order valence-electron chi connectivity index (χ1n) is 33.6. The molecule has 0 atom stereocenters. The smallest absolute Gasteiger partial charge is 0.267 e. The van der Waals surface area contributed by atoms with E-state index in [0.717, 1.165) is 180 Å². The highest BCUT2D eigenvalue weighted by molar-refractivity contribution is 6.31. The first-order valence-corrected chi connectivity index (χ1v) is 35.1. The molecule has 4 aromatic heterocycles. The highest BCUT2D eigenvalue weighted by Crippen LogP contribution is 2.30. The third-order valence-corrected chi connectivity index (χ3v) is 20.0. The molecule has 12 rings (SSSR count). The number of carbonyl (C=O) groups excluding carboxylic acids is 4. The Kier molecular flexibility index (Phi) is 25.1. The number of benzene rings is 4. The first kappa shape index (κ1) is 71.3. The highest BCUT2D eigenvalue weighted by atomic mass is 35.5. The van der Waals surface area contributed by atoms with E-state index in [9.17, 15) is 19.2 Å². The van der Waals surface area contributed by atoms with Crippen LogP contribution >= 0.6 is 46.4 Å². The van der Waals surface area contributed by atoms with Crippen molar-refractivity contribution >= 4 is 70.0 Å². The molecule has 4 fully saturated rings. The number of hydrazine groups is 2. The molecule has 14 nitrogen and oxygen atoms in total. The Labute approximate surface area is 576 Å². The number of aryl methyl sites for hydroxylation is 4. The minimum atomic E-state index is -0.0298. The molecule has 0 radical (unpaired) electrons. The van der Waals surface area contributed by atoms with Crippen LogP contribution in [-0.4, -0.2) is 90.2 Å². The van der Waals surface area contributed by atoms with Crippen molar-refractivity contribution in [3.05, 3.63) is 209 Å². The Morgan fingerprint density at radius 3 is 0.915 bits per heavy atom. The second-order valence-electron chi connectivity index (χ2n) is 26.2. The maximum Gasteiger partial charge on any atom is 0.267 e. The Morgan fingerprint density at radius 2 is 0.596 bits per heavy atom. The normalized spacial score (nSPS) is 17.1. The molecule has 2 saturated heterocycles. The number of rotatable bonds is 12. The van der Waals surface area contributed by atoms with Gasteiger partial charge in [0.15, 0.2) is 0 Å². The van der Waals surface area contributed by atoms with Crippen LogP contribution in [0.1, 0.15) is 191 Å². The Balaban J connectivity index is 0.000000148. The molecular weight excluding hydrogens is 1260 g/mol. The molecule has 4 amide bonds. The summed E-state index contributed by atoms with van der Waals surface area (Å²) in [7, 11) is 0. The van der Waals surface area contributed by atoms with Crippen molar-refractivity contribution in [2.75, 3.05) is 26.2 Å². The summed E-state index contributed by atoms with van der Waals surface area (Å²) in [6.45, 7) is 24.3. The summed E-state index contributed by atoms with van der Waals surface area (Å²) in [6.07, 6.45) is 16.3. The van der Waals surface area contributed by atoms with Crippen LogP contribution in [0.5, 0.6) is 0 Å². The Morgan fingerprint density at radius 1 is 0.330 bits per heavy atom. The molecule has 500 valence electrons. The average Bonchev–Trinajstić information content (AvgIpc) is 1.68. The zero-order valence-corrected chi connectivity index (χ0v) is 59.4. The topological polar surface area (TPSA) is 143 Å². The SMILES string of the molecule is Cc1cc(C(=O)NC2CCC(C)CC2)c(C)n1-c1ccc(Cl)cc1.Cc1cc(C(=O)NC2CCCCC2)c(C)n1-c1ccc(Cl)cc1.Cc1cc(C(=O)NN2CCC(C)CC2)c(C)n1-c1ccc(Cl)cc1.Cc1cc(C(=O)NN2CCCCC2)c(C)n1-c1ccc(Cl)cc1. The number of nitrogens with one attached hydrogen (secondary N) is 4. The summed E-state index contributed by atoms with van der Waals surface area (Å²) in [6, 6.07) is 39.2. The third kappa shape index (κ3) is 18.3. The van der Waals surface area contributed by atoms with Gasteiger partial charge in [0, 0.05) is 127 Å². The molecule has 6 heterocycles. The van der Waals surface area contributed by atoms with E-state index >= 15 is 0 Å². The van der Waals surface area contributed by atoms with Crippen molar-refractivity contribution in [2.24, 2.45) is 11.8 Å². The summed E-state index contributed by atoms with van der Waals surface area (Å²) < 4.78 is 8.38. The zero-order valence-electron chi connectivity index (χ0n) is 56.4. The van der Waals surface area contributed by atoms with Gasteiger partial charge in [-0.3, -0.25) is 30.0 Å². The number of nitrogens with zero attached hydrogens (tertiary/aromatic N) is 6. The highest BCUT2D eigenvalue weighted by Gasteiger charge is 2.26. The van der Waals surface area contributed by atoms with Crippen molar-refractivity contribution in [1.82, 2.24) is 49.8 Å². The molecule has 2 saturated carbocycles. The number of hydrogen-bond donors (Lipinski definition) is 4. The predicted octanol–water partition coefficient (Wildman–Crippen LogP) is 17.9. The van der Waals surface area contributed by atoms with E-state index in [-0.39, 0.29) is 23.6 Å². The van der Waals surface area contributed by atoms with Gasteiger partial charge in [-0.1, -0.05) is 85.9 Å². The molecule has 4 N–H and O–H groups in total. The number of amides is 4. The summed E-state index contributed by atoms with van der Waals surface area (Å²) in [5, 5.41) is 13.3. The van der Waals surface area contributed by atoms with Gasteiger partial charge in [-0.25, -0.2) is 10.0 Å². The summed E-state index contributed by atoms with van der Waals surface area (Å²) in [5.41, 5.74) is 21.2. The van der Waals surface area contributed by atoms with E-state index in [1.165, 1.54) is 38.5 Å². The minimum absolute atomic E-state index is 0.0276. The van der Waals surface area contributed by atoms with E-state index in [1.807, 2.05) is 187 Å². The molecule has 2 aliphatic heterocycles. The average molecular weight is 1350 g/mol. The molecule has 2 aliphatic carbocycles. The fraction of sp³-hybridized carbons (Fsp3) is 0.421. The van der Waals surface area contributed by atoms with Crippen LogP contribution in [0.2, 0.25) is 20.1 Å². The quantitative estimate of drug-likeness (QED) is 0.0960. The predicted molar refractivity (Wildman–Crippen MR) is 385 cm³/mol. The molecule has 94 heavy (non-hydrogen) atoms. The van der Waals surface area contributed by atoms with Crippen molar-refractivity contribution < 1.29 is 19.2 Å². The van der Waals surface area contributed by atoms with Gasteiger partial charge >= 0.3 is 0 Å². The minimum Gasteiger partial charge on any atom is -0.349 e. The van der Waals surface area contributed by atoms with E-state index in [2.05, 4.69) is 53.6 Å². The number of carbonyl (C=O) groups is 4. The van der Waals surface area contributed by atoms with Gasteiger partial charge in [-0.15, -0.1) is 0 Å². The van der Waals surface area contributed by atoms with Crippen LogP contribution in [0.15, 0.2) is 121 Å². The molecule has 8 aromatic rings. The molecule has 0 bridgehead atoms. The zero-order chi connectivity index (χ0) is 67.3. The van der Waals surface area contributed by atoms with Crippen molar-refractivity contribution in [2.45, 2.75) is 171 Å². The second-order valence-corrected chi connectivity index (χ2v) is 28.0. The Hall–Kier alpha value is -7.04. The van der Waals surface area contributed by atoms with Gasteiger partial charge in [-0.05, 0) is 253 Å². The second kappa shape index (κ2) is 33.1. The summed E-state index contributed by atoms with van der Waals surface area (Å²) in [5.74, 6) is 1.56. The molecule has 0 unspecified atom stereocenters. The Bertz CT molecular complexity index is 3600. The third-order valence-electron chi connectivity index (χ3n) is 19.0. The van der Waals surface area contributed by atoms with Gasteiger partial charge in [-0.2, -0.15) is 0 Å². The fourth-order valence-electron chi connectivity index (χ4n) is 13.6. The number of aromatic nitrogens is 4. The molecular formula is C76H94Cl4N10O4. The molecule has 18 heteroatoms. The van der Waals surface area contributed by atoms with Crippen LogP contribution in [0.3, 0.4) is 0 Å². The van der Waals surface area contributed by atoms with Gasteiger partial charge in [0.25, 0.3) is 23.6 Å². The lowest BCUT2D eigenvalue weighted by atomic mass is 9.87. The van der Waals surface area contributed by atoms with Crippen molar-refractivity contribution in [3.8, 4) is 22.7 Å². The lowest BCUT2D eigenvalue weighted by molar-refractivity contribution is 0.0709. The maximum absolute atomic E-state index is 12.7. The number of halogens is 4. The molecule has 4 aliphatic rings. The van der Waals surface area contributed by atoms with Crippen LogP contribution in [0.4, 0.5) is 0 Å². The lowest BCUT2D eigenvalue weighted by Gasteiger charge is -2.30. The van der Waals surface area contributed by atoms with Gasteiger partial charge in [0.05, 0.1) is 22.3 Å². The number of hydrogen-bond acceptors (Lipinski definition) is 6. The first-order chi connectivity index (χ1) is 45.0. The van der Waals surface area contributed by atoms with Crippen LogP contribution in [0, 0.1) is 67.2 Å². The monoisotopic (exact) mass is 1350 g/mol. The summed E-state index contributed by atoms with van der Waals surface area (Å²) >= 11 is 23.9. The van der Waals surface area contributed by atoms with Crippen LogP contribution in [-0.2, 0) is 0 Å². The fourth-order valence-corrected chi connectivity index (χ4v) is 14.1. The molecule has 4 aromatic carbocycles. The van der Waals surface area contributed by atoms with Crippen LogP contribution in [0.25, 0.3) is 22.7 Å². The van der Waals surface area contributed by atoms with E-state index in [0.29, 0.717) is 32.2 Å². The number of piperidine rings is 2. The maximum atomic E-state index is 12.7.